The van der Waals surface area contributed by atoms with Crippen LogP contribution >= 0.6 is 0 Å². The Morgan fingerprint density at radius 2 is 2.17 bits per heavy atom. The first-order valence-corrected chi connectivity index (χ1v) is 4.41. The molecule has 1 rings (SSSR count). The second-order valence-electron chi connectivity index (χ2n) is 3.37. The molecule has 3 heteroatoms. The van der Waals surface area contributed by atoms with E-state index >= 15 is 0 Å². The molecule has 1 heterocycles. The zero-order valence-electron chi connectivity index (χ0n) is 7.75. The van der Waals surface area contributed by atoms with Gasteiger partial charge in [0.1, 0.15) is 0 Å². The highest BCUT2D eigenvalue weighted by atomic mass is 16.5. The molecule has 1 aliphatic heterocycles. The molecular formula is C9H18N2O. The molecule has 3 nitrogen and oxygen atoms in total. The van der Waals surface area contributed by atoms with Crippen LogP contribution in [0.15, 0.2) is 12.2 Å². The normalized spacial score (nSPS) is 22.2. The van der Waals surface area contributed by atoms with Crippen LogP contribution in [0.5, 0.6) is 0 Å². The number of nitrogens with two attached hydrogens (primary N) is 1. The summed E-state index contributed by atoms with van der Waals surface area (Å²) in [5, 5.41) is 0. The Kier molecular flexibility index (Phi) is 3.72. The summed E-state index contributed by atoms with van der Waals surface area (Å²) in [7, 11) is 0. The van der Waals surface area contributed by atoms with Crippen molar-refractivity contribution in [3.8, 4) is 0 Å². The number of rotatable bonds is 3. The fourth-order valence-electron chi connectivity index (χ4n) is 1.22. The molecule has 1 fully saturated rings. The van der Waals surface area contributed by atoms with Gasteiger partial charge in [-0.2, -0.15) is 0 Å². The molecule has 1 aliphatic rings. The van der Waals surface area contributed by atoms with Gasteiger partial charge in [0, 0.05) is 25.7 Å². The highest BCUT2D eigenvalue weighted by molar-refractivity contribution is 5.01. The molecule has 1 atom stereocenters. The molecule has 0 amide bonds. The Labute approximate surface area is 74.2 Å². The summed E-state index contributed by atoms with van der Waals surface area (Å²) < 4.78 is 5.24. The van der Waals surface area contributed by atoms with Crippen molar-refractivity contribution in [1.82, 2.24) is 4.90 Å². The highest BCUT2D eigenvalue weighted by Crippen LogP contribution is 2.01. The average molecular weight is 170 g/mol. The Morgan fingerprint density at radius 1 is 1.58 bits per heavy atom. The molecule has 12 heavy (non-hydrogen) atoms. The third kappa shape index (κ3) is 2.93. The van der Waals surface area contributed by atoms with Crippen LogP contribution in [0, 0.1) is 0 Å². The molecule has 0 saturated carbocycles. The van der Waals surface area contributed by atoms with E-state index in [1.165, 1.54) is 0 Å². The average Bonchev–Trinajstić information content (AvgIpc) is 2.06. The summed E-state index contributed by atoms with van der Waals surface area (Å²) in [5.74, 6) is 0. The molecule has 0 aromatic rings. The van der Waals surface area contributed by atoms with Gasteiger partial charge >= 0.3 is 0 Å². The van der Waals surface area contributed by atoms with Crippen LogP contribution in [-0.2, 0) is 4.74 Å². The van der Waals surface area contributed by atoms with Gasteiger partial charge in [-0.15, -0.1) is 0 Å². The maximum Gasteiger partial charge on any atom is 0.0594 e. The van der Waals surface area contributed by atoms with Crippen molar-refractivity contribution in [3.63, 3.8) is 0 Å². The van der Waals surface area contributed by atoms with E-state index in [4.69, 9.17) is 10.5 Å². The quantitative estimate of drug-likeness (QED) is 0.616. The molecule has 1 unspecified atom stereocenters. The predicted molar refractivity (Wildman–Crippen MR) is 50.0 cm³/mol. The lowest BCUT2D eigenvalue weighted by Gasteiger charge is -2.29. The summed E-state index contributed by atoms with van der Waals surface area (Å²) >= 11 is 0. The van der Waals surface area contributed by atoms with Crippen LogP contribution in [0.1, 0.15) is 6.92 Å². The van der Waals surface area contributed by atoms with E-state index in [1.807, 2.05) is 6.92 Å². The fourth-order valence-corrected chi connectivity index (χ4v) is 1.22. The van der Waals surface area contributed by atoms with Crippen LogP contribution < -0.4 is 5.73 Å². The van der Waals surface area contributed by atoms with E-state index in [0.717, 1.165) is 38.4 Å². The van der Waals surface area contributed by atoms with Gasteiger partial charge in [-0.3, -0.25) is 4.90 Å². The van der Waals surface area contributed by atoms with Gasteiger partial charge in [0.05, 0.1) is 13.2 Å². The summed E-state index contributed by atoms with van der Waals surface area (Å²) in [4.78, 5) is 2.32. The van der Waals surface area contributed by atoms with Crippen molar-refractivity contribution >= 4 is 0 Å². The summed E-state index contributed by atoms with van der Waals surface area (Å²) in [6.07, 6.45) is 0. The van der Waals surface area contributed by atoms with Crippen LogP contribution in [0.2, 0.25) is 0 Å². The maximum absolute atomic E-state index is 5.87. The number of ether oxygens (including phenoxy) is 1. The molecule has 0 aromatic carbocycles. The molecular weight excluding hydrogens is 152 g/mol. The van der Waals surface area contributed by atoms with E-state index < -0.39 is 0 Å². The minimum absolute atomic E-state index is 0.114. The molecule has 0 radical (unpaired) electrons. The van der Waals surface area contributed by atoms with Crippen molar-refractivity contribution in [3.05, 3.63) is 12.2 Å². The lowest BCUT2D eigenvalue weighted by Crippen LogP contribution is -2.43. The van der Waals surface area contributed by atoms with Gasteiger partial charge in [-0.25, -0.2) is 0 Å². The number of nitrogens with zero attached hydrogens (tertiary/aromatic N) is 1. The molecule has 0 bridgehead atoms. The van der Waals surface area contributed by atoms with Gasteiger partial charge in [-0.1, -0.05) is 12.2 Å². The van der Waals surface area contributed by atoms with E-state index in [9.17, 15) is 0 Å². The first-order valence-electron chi connectivity index (χ1n) is 4.41. The van der Waals surface area contributed by atoms with Crippen LogP contribution in [-0.4, -0.2) is 43.8 Å². The number of hydrogen-bond acceptors (Lipinski definition) is 3. The van der Waals surface area contributed by atoms with Gasteiger partial charge < -0.3 is 10.5 Å². The third-order valence-corrected chi connectivity index (χ3v) is 2.19. The Bertz CT molecular complexity index is 153. The predicted octanol–water partition coefficient (Wildman–Crippen LogP) is 0.222. The zero-order valence-corrected chi connectivity index (χ0v) is 7.75. The summed E-state index contributed by atoms with van der Waals surface area (Å²) in [6.45, 7) is 10.4. The van der Waals surface area contributed by atoms with E-state index in [2.05, 4.69) is 11.5 Å². The van der Waals surface area contributed by atoms with Crippen molar-refractivity contribution in [2.24, 2.45) is 5.73 Å². The second kappa shape index (κ2) is 4.60. The van der Waals surface area contributed by atoms with E-state index in [1.54, 1.807) is 0 Å². The topological polar surface area (TPSA) is 38.5 Å². The smallest absolute Gasteiger partial charge is 0.0594 e. The van der Waals surface area contributed by atoms with Crippen LogP contribution in [0.4, 0.5) is 0 Å². The largest absolute Gasteiger partial charge is 0.379 e. The molecule has 0 spiro atoms. The third-order valence-electron chi connectivity index (χ3n) is 2.19. The van der Waals surface area contributed by atoms with E-state index in [0.29, 0.717) is 0 Å². The van der Waals surface area contributed by atoms with Crippen molar-refractivity contribution in [2.45, 2.75) is 13.0 Å². The molecule has 0 aliphatic carbocycles. The van der Waals surface area contributed by atoms with Crippen LogP contribution in [0.3, 0.4) is 0 Å². The monoisotopic (exact) mass is 170 g/mol. The Balaban J connectivity index is 2.24. The first kappa shape index (κ1) is 9.71. The lowest BCUT2D eigenvalue weighted by atomic mass is 10.1. The highest BCUT2D eigenvalue weighted by Gasteiger charge is 2.13. The van der Waals surface area contributed by atoms with Crippen LogP contribution in [0.25, 0.3) is 0 Å². The van der Waals surface area contributed by atoms with E-state index in [-0.39, 0.29) is 6.04 Å². The van der Waals surface area contributed by atoms with Gasteiger partial charge in [0.2, 0.25) is 0 Å². The van der Waals surface area contributed by atoms with Gasteiger partial charge in [0.15, 0.2) is 0 Å². The molecule has 70 valence electrons. The first-order chi connectivity index (χ1) is 5.70. The van der Waals surface area contributed by atoms with Crippen molar-refractivity contribution in [2.75, 3.05) is 32.8 Å². The zero-order chi connectivity index (χ0) is 8.97. The standard InChI is InChI=1S/C9H18N2O/c1-8(2)9(10)7-11-3-5-12-6-4-11/h9H,1,3-7,10H2,2H3. The fraction of sp³-hybridized carbons (Fsp3) is 0.778. The number of morpholine rings is 1. The maximum atomic E-state index is 5.87. The Morgan fingerprint density at radius 3 is 2.67 bits per heavy atom. The second-order valence-corrected chi connectivity index (χ2v) is 3.37. The minimum Gasteiger partial charge on any atom is -0.379 e. The minimum atomic E-state index is 0.114. The van der Waals surface area contributed by atoms with Gasteiger partial charge in [0.25, 0.3) is 0 Å². The summed E-state index contributed by atoms with van der Waals surface area (Å²) in [6, 6.07) is 0.114. The Hall–Kier alpha value is -0.380. The summed E-state index contributed by atoms with van der Waals surface area (Å²) in [5.41, 5.74) is 6.92. The van der Waals surface area contributed by atoms with Gasteiger partial charge in [-0.05, 0) is 6.92 Å². The molecule has 1 saturated heterocycles. The molecule has 2 N–H and O–H groups in total. The molecule has 0 aromatic heterocycles. The van der Waals surface area contributed by atoms with Crippen molar-refractivity contribution < 1.29 is 4.74 Å². The number of hydrogen-bond donors (Lipinski definition) is 1. The lowest BCUT2D eigenvalue weighted by molar-refractivity contribution is 0.0366. The SMILES string of the molecule is C=C(C)C(N)CN1CCOCC1. The van der Waals surface area contributed by atoms with Crippen molar-refractivity contribution in [1.29, 1.82) is 0 Å².